The fraction of sp³-hybridized carbons (Fsp3) is 0.250. The van der Waals surface area contributed by atoms with E-state index in [-0.39, 0.29) is 12.2 Å². The largest absolute Gasteiger partial charge is 0.465 e. The van der Waals surface area contributed by atoms with Crippen molar-refractivity contribution in [2.75, 3.05) is 7.11 Å². The van der Waals surface area contributed by atoms with Crippen LogP contribution in [-0.2, 0) is 9.53 Å². The third-order valence-electron chi connectivity index (χ3n) is 4.68. The van der Waals surface area contributed by atoms with Gasteiger partial charge in [0.15, 0.2) is 5.78 Å². The lowest BCUT2D eigenvalue weighted by atomic mass is 9.88. The lowest BCUT2D eigenvalue weighted by Crippen LogP contribution is -2.49. The number of carbonyl (C=O) groups is 2. The van der Waals surface area contributed by atoms with E-state index in [0.29, 0.717) is 22.8 Å². The summed E-state index contributed by atoms with van der Waals surface area (Å²) in [6.45, 7) is 0. The zero-order valence-electron chi connectivity index (χ0n) is 15.5. The quantitative estimate of drug-likeness (QED) is 0.570. The van der Waals surface area contributed by atoms with Gasteiger partial charge in [0.2, 0.25) is 0 Å². The normalized spacial score (nSPS) is 19.8. The van der Waals surface area contributed by atoms with Crippen LogP contribution in [0.15, 0.2) is 48.5 Å². The van der Waals surface area contributed by atoms with Gasteiger partial charge in [-0.1, -0.05) is 42.0 Å². The number of methoxy groups -OCH3 is 1. The summed E-state index contributed by atoms with van der Waals surface area (Å²) in [5, 5.41) is 0. The fourth-order valence-electron chi connectivity index (χ4n) is 3.05. The third kappa shape index (κ3) is 3.50. The van der Waals surface area contributed by atoms with Crippen molar-refractivity contribution in [3.05, 3.63) is 65.2 Å². The van der Waals surface area contributed by atoms with Crippen molar-refractivity contribution < 1.29 is 19.1 Å². The van der Waals surface area contributed by atoms with Crippen molar-refractivity contribution in [1.82, 2.24) is 0 Å². The van der Waals surface area contributed by atoms with Crippen LogP contribution in [0.2, 0.25) is 0 Å². The topological polar surface area (TPSA) is 52.6 Å². The maximum atomic E-state index is 13.0. The highest BCUT2D eigenvalue weighted by atomic mass is 16.6. The number of hydrogen-bond donors (Lipinski definition) is 0. The Kier molecular flexibility index (Phi) is 4.63. The minimum atomic E-state index is -1.67. The van der Waals surface area contributed by atoms with Gasteiger partial charge in [-0.3, -0.25) is 4.79 Å². The van der Waals surface area contributed by atoms with Crippen LogP contribution in [0.1, 0.15) is 40.7 Å². The smallest absolute Gasteiger partial charge is 0.363 e. The zero-order chi connectivity index (χ0) is 19.6. The van der Waals surface area contributed by atoms with Crippen LogP contribution in [0.25, 0.3) is 0 Å². The molecule has 0 radical (unpaired) electrons. The summed E-state index contributed by atoms with van der Waals surface area (Å²) >= 11 is 0. The van der Waals surface area contributed by atoms with Gasteiger partial charge in [-0.2, -0.15) is 0 Å². The molecule has 0 N–H and O–H groups in total. The summed E-state index contributed by atoms with van der Waals surface area (Å²) in [7, 11) is 1.26. The number of carbonyl (C=O) groups excluding carboxylic acids is 2. The first-order valence-electron chi connectivity index (χ1n) is 9.15. The molecule has 0 spiro atoms. The Bertz CT molecular complexity index is 1060. The molecule has 138 valence electrons. The van der Waals surface area contributed by atoms with Gasteiger partial charge in [-0.05, 0) is 43.0 Å². The van der Waals surface area contributed by atoms with Crippen molar-refractivity contribution in [2.24, 2.45) is 5.92 Å². The third-order valence-corrected chi connectivity index (χ3v) is 4.68. The Morgan fingerprint density at radius 3 is 2.61 bits per heavy atom. The Hall–Kier alpha value is -3.50. The van der Waals surface area contributed by atoms with Crippen LogP contribution >= 0.6 is 0 Å². The SMILES string of the molecule is COC(=O)[C@]1(C#Cc2ccccc2)CC(=O)c2c(C#CC3CC3)cccc2O1. The number of esters is 1. The molecule has 1 aliphatic heterocycles. The number of benzene rings is 2. The van der Waals surface area contributed by atoms with Crippen LogP contribution in [-0.4, -0.2) is 24.5 Å². The molecule has 0 saturated heterocycles. The lowest BCUT2D eigenvalue weighted by molar-refractivity contribution is -0.154. The minimum Gasteiger partial charge on any atom is -0.465 e. The summed E-state index contributed by atoms with van der Waals surface area (Å²) < 4.78 is 10.9. The first-order chi connectivity index (χ1) is 13.6. The molecule has 4 heteroatoms. The van der Waals surface area contributed by atoms with E-state index in [4.69, 9.17) is 9.47 Å². The lowest BCUT2D eigenvalue weighted by Gasteiger charge is -2.31. The van der Waals surface area contributed by atoms with Gasteiger partial charge < -0.3 is 9.47 Å². The molecule has 1 aliphatic carbocycles. The molecule has 2 aromatic carbocycles. The monoisotopic (exact) mass is 370 g/mol. The predicted molar refractivity (Wildman–Crippen MR) is 104 cm³/mol. The van der Waals surface area contributed by atoms with E-state index in [1.54, 1.807) is 18.2 Å². The molecule has 4 nitrogen and oxygen atoms in total. The van der Waals surface area contributed by atoms with Crippen LogP contribution in [0, 0.1) is 29.6 Å². The molecule has 1 heterocycles. The molecular weight excluding hydrogens is 352 g/mol. The maximum absolute atomic E-state index is 13.0. The van der Waals surface area contributed by atoms with E-state index in [1.807, 2.05) is 30.3 Å². The average molecular weight is 370 g/mol. The van der Waals surface area contributed by atoms with E-state index in [2.05, 4.69) is 23.7 Å². The molecule has 4 rings (SSSR count). The number of rotatable bonds is 1. The molecule has 2 aliphatic rings. The highest BCUT2D eigenvalue weighted by Crippen LogP contribution is 2.36. The number of ether oxygens (including phenoxy) is 2. The molecule has 0 bridgehead atoms. The van der Waals surface area contributed by atoms with E-state index < -0.39 is 11.6 Å². The highest BCUT2D eigenvalue weighted by molar-refractivity contribution is 6.06. The molecule has 0 unspecified atom stereocenters. The predicted octanol–water partition coefficient (Wildman–Crippen LogP) is 3.38. The van der Waals surface area contributed by atoms with Crippen LogP contribution in [0.3, 0.4) is 0 Å². The number of fused-ring (bicyclic) bond motifs is 1. The minimum absolute atomic E-state index is 0.214. The fourth-order valence-corrected chi connectivity index (χ4v) is 3.05. The van der Waals surface area contributed by atoms with E-state index in [9.17, 15) is 9.59 Å². The summed E-state index contributed by atoms with van der Waals surface area (Å²) in [5.41, 5.74) is 0.0919. The van der Waals surface area contributed by atoms with Gasteiger partial charge in [-0.25, -0.2) is 4.79 Å². The Labute approximate surface area is 163 Å². The van der Waals surface area contributed by atoms with E-state index >= 15 is 0 Å². The van der Waals surface area contributed by atoms with Gasteiger partial charge in [-0.15, -0.1) is 0 Å². The molecule has 28 heavy (non-hydrogen) atoms. The summed E-state index contributed by atoms with van der Waals surface area (Å²) in [6, 6.07) is 14.4. The Morgan fingerprint density at radius 1 is 1.11 bits per heavy atom. The average Bonchev–Trinajstić information content (AvgIpc) is 3.55. The second-order valence-electron chi connectivity index (χ2n) is 6.86. The maximum Gasteiger partial charge on any atom is 0.363 e. The first kappa shape index (κ1) is 17.9. The van der Waals surface area contributed by atoms with Gasteiger partial charge >= 0.3 is 5.97 Å². The summed E-state index contributed by atoms with van der Waals surface area (Å²) in [6.07, 6.45) is 1.99. The summed E-state index contributed by atoms with van der Waals surface area (Å²) in [5.74, 6) is 11.8. The van der Waals surface area contributed by atoms with Gasteiger partial charge in [0, 0.05) is 17.0 Å². The second kappa shape index (κ2) is 7.25. The van der Waals surface area contributed by atoms with Crippen molar-refractivity contribution in [3.63, 3.8) is 0 Å². The van der Waals surface area contributed by atoms with Crippen LogP contribution in [0.5, 0.6) is 5.75 Å². The molecule has 1 saturated carbocycles. The first-order valence-corrected chi connectivity index (χ1v) is 9.15. The second-order valence-corrected chi connectivity index (χ2v) is 6.86. The van der Waals surface area contributed by atoms with Crippen molar-refractivity contribution in [1.29, 1.82) is 0 Å². The molecule has 1 atom stereocenters. The molecular formula is C24H18O4. The van der Waals surface area contributed by atoms with Crippen molar-refractivity contribution >= 4 is 11.8 Å². The molecule has 1 fully saturated rings. The molecule has 0 aromatic heterocycles. The van der Waals surface area contributed by atoms with Crippen molar-refractivity contribution in [3.8, 4) is 29.4 Å². The standard InChI is InChI=1S/C24H18O4/c1-27-23(26)24(15-14-17-6-3-2-4-7-17)16-20(25)22-19(13-12-18-10-11-18)8-5-9-21(22)28-24/h2-9,18H,10-11,16H2,1H3/t24-/m0/s1. The highest BCUT2D eigenvalue weighted by Gasteiger charge is 2.47. The summed E-state index contributed by atoms with van der Waals surface area (Å²) in [4.78, 5) is 25.5. The van der Waals surface area contributed by atoms with Crippen molar-refractivity contribution in [2.45, 2.75) is 24.9 Å². The van der Waals surface area contributed by atoms with E-state index in [1.165, 1.54) is 7.11 Å². The van der Waals surface area contributed by atoms with Gasteiger partial charge in [0.05, 0.1) is 19.1 Å². The Balaban J connectivity index is 1.75. The number of hydrogen-bond acceptors (Lipinski definition) is 4. The van der Waals surface area contributed by atoms with Crippen LogP contribution in [0.4, 0.5) is 0 Å². The number of Topliss-reactive ketones (excluding diaryl/α,β-unsaturated/α-hetero) is 1. The van der Waals surface area contributed by atoms with Gasteiger partial charge in [0.25, 0.3) is 5.60 Å². The number of ketones is 1. The molecule has 0 amide bonds. The van der Waals surface area contributed by atoms with E-state index in [0.717, 1.165) is 18.4 Å². The van der Waals surface area contributed by atoms with Crippen LogP contribution < -0.4 is 4.74 Å². The molecule has 2 aromatic rings. The van der Waals surface area contributed by atoms with Gasteiger partial charge in [0.1, 0.15) is 5.75 Å². The zero-order valence-corrected chi connectivity index (χ0v) is 15.5. The Morgan fingerprint density at radius 2 is 1.89 bits per heavy atom.